The average molecular weight is 487 g/mol. The zero-order chi connectivity index (χ0) is 21.8. The molecule has 2 heterocycles. The van der Waals surface area contributed by atoms with E-state index < -0.39 is 11.2 Å². The fourth-order valence-electron chi connectivity index (χ4n) is 2.93. The number of hydrogen-bond donors (Lipinski definition) is 1. The van der Waals surface area contributed by atoms with Crippen LogP contribution in [0.2, 0.25) is 0 Å². The maximum Gasteiger partial charge on any atom is 0.422 e. The van der Waals surface area contributed by atoms with E-state index >= 15 is 0 Å². The summed E-state index contributed by atoms with van der Waals surface area (Å²) in [4.78, 5) is 41.7. The summed E-state index contributed by atoms with van der Waals surface area (Å²) in [6.07, 6.45) is 2.57. The number of benzene rings is 2. The predicted molar refractivity (Wildman–Crippen MR) is 114 cm³/mol. The van der Waals surface area contributed by atoms with Gasteiger partial charge >= 0.3 is 6.09 Å². The molecule has 0 fully saturated rings. The number of halogens is 1. The molecule has 1 amide bonds. The van der Waals surface area contributed by atoms with Crippen LogP contribution in [0.15, 0.2) is 58.3 Å². The van der Waals surface area contributed by atoms with Crippen LogP contribution in [0.4, 0.5) is 10.5 Å². The lowest BCUT2D eigenvalue weighted by Gasteiger charge is -2.19. The normalized spacial score (nSPS) is 13.1. The van der Waals surface area contributed by atoms with Gasteiger partial charge in [0, 0.05) is 12.4 Å². The lowest BCUT2D eigenvalue weighted by Crippen LogP contribution is -2.40. The highest BCUT2D eigenvalue weighted by Gasteiger charge is 2.26. The Morgan fingerprint density at radius 2 is 2.10 bits per heavy atom. The standard InChI is InChI=1S/C19H15BrN6O5/c20-16-14(4-5-15-17(16)22-7-6-21-15)24-18-23-8-9-25(18)19(27)31-13-3-1-2-12(10-13)11-30-26(28)29/h1-7,10H,8-9,11H2,(H,23,24). The number of anilines is 1. The van der Waals surface area contributed by atoms with Gasteiger partial charge in [-0.3, -0.25) is 15.0 Å². The first kappa shape index (κ1) is 20.5. The van der Waals surface area contributed by atoms with Gasteiger partial charge in [0.25, 0.3) is 5.09 Å². The van der Waals surface area contributed by atoms with Gasteiger partial charge in [-0.25, -0.2) is 9.69 Å². The van der Waals surface area contributed by atoms with E-state index in [-0.39, 0.29) is 12.4 Å². The molecule has 1 aliphatic rings. The van der Waals surface area contributed by atoms with Crippen molar-refractivity contribution in [2.45, 2.75) is 6.61 Å². The minimum absolute atomic E-state index is 0.239. The van der Waals surface area contributed by atoms with Gasteiger partial charge in [-0.05, 0) is 45.8 Å². The van der Waals surface area contributed by atoms with Crippen LogP contribution in [0.25, 0.3) is 11.0 Å². The van der Waals surface area contributed by atoms with Gasteiger partial charge in [-0.15, -0.1) is 10.1 Å². The van der Waals surface area contributed by atoms with E-state index in [2.05, 4.69) is 41.0 Å². The zero-order valence-corrected chi connectivity index (χ0v) is 17.5. The second-order valence-electron chi connectivity index (χ2n) is 6.35. The van der Waals surface area contributed by atoms with Gasteiger partial charge in [0.2, 0.25) is 5.96 Å². The molecule has 1 N–H and O–H groups in total. The van der Waals surface area contributed by atoms with Crippen LogP contribution in [0.1, 0.15) is 5.56 Å². The summed E-state index contributed by atoms with van der Waals surface area (Å²) < 4.78 is 6.11. The number of ether oxygens (including phenoxy) is 1. The van der Waals surface area contributed by atoms with Crippen molar-refractivity contribution in [3.8, 4) is 5.75 Å². The van der Waals surface area contributed by atoms with E-state index in [4.69, 9.17) is 4.74 Å². The molecule has 1 aliphatic heterocycles. The van der Waals surface area contributed by atoms with Crippen LogP contribution in [0.3, 0.4) is 0 Å². The molecular weight excluding hydrogens is 472 g/mol. The molecule has 12 heteroatoms. The fourth-order valence-corrected chi connectivity index (χ4v) is 3.47. The number of carbonyl (C=O) groups is 1. The summed E-state index contributed by atoms with van der Waals surface area (Å²) >= 11 is 3.52. The Balaban J connectivity index is 1.46. The summed E-state index contributed by atoms with van der Waals surface area (Å²) in [7, 11) is 0. The Kier molecular flexibility index (Phi) is 5.89. The number of nitrogens with zero attached hydrogens (tertiary/aromatic N) is 5. The van der Waals surface area contributed by atoms with E-state index in [1.165, 1.54) is 11.0 Å². The Hall–Kier alpha value is -3.80. The molecule has 0 bridgehead atoms. The predicted octanol–water partition coefficient (Wildman–Crippen LogP) is 3.38. The van der Waals surface area contributed by atoms with Gasteiger partial charge < -0.3 is 14.9 Å². The van der Waals surface area contributed by atoms with E-state index in [0.29, 0.717) is 40.3 Å². The first-order chi connectivity index (χ1) is 15.0. The lowest BCUT2D eigenvalue weighted by atomic mass is 10.2. The van der Waals surface area contributed by atoms with Crippen LogP contribution in [-0.4, -0.2) is 45.1 Å². The van der Waals surface area contributed by atoms with Crippen molar-refractivity contribution in [1.29, 1.82) is 0 Å². The van der Waals surface area contributed by atoms with Crippen LogP contribution in [0, 0.1) is 10.1 Å². The summed E-state index contributed by atoms with van der Waals surface area (Å²) in [6.45, 7) is 0.519. The number of guanidine groups is 1. The molecule has 3 aromatic rings. The molecule has 0 spiro atoms. The number of carbonyl (C=O) groups excluding carboxylic acids is 1. The smallest absolute Gasteiger partial charge is 0.410 e. The highest BCUT2D eigenvalue weighted by molar-refractivity contribution is 9.10. The van der Waals surface area contributed by atoms with Crippen molar-refractivity contribution in [3.05, 3.63) is 68.9 Å². The third-order valence-electron chi connectivity index (χ3n) is 4.33. The molecule has 0 saturated carbocycles. The number of amides is 1. The number of rotatable bonds is 5. The number of aliphatic imine (C=N–C) groups is 1. The number of hydrogen-bond acceptors (Lipinski definition) is 9. The molecule has 4 rings (SSSR count). The van der Waals surface area contributed by atoms with Crippen LogP contribution in [0.5, 0.6) is 5.75 Å². The van der Waals surface area contributed by atoms with E-state index in [9.17, 15) is 14.9 Å². The summed E-state index contributed by atoms with van der Waals surface area (Å²) in [5.41, 5.74) is 2.57. The third kappa shape index (κ3) is 4.69. The Bertz CT molecular complexity index is 1190. The average Bonchev–Trinajstić information content (AvgIpc) is 3.23. The van der Waals surface area contributed by atoms with Crippen molar-refractivity contribution in [2.75, 3.05) is 18.4 Å². The summed E-state index contributed by atoms with van der Waals surface area (Å²) in [5.74, 6) is 0.574. The van der Waals surface area contributed by atoms with Crippen LogP contribution < -0.4 is 10.1 Å². The van der Waals surface area contributed by atoms with E-state index in [0.717, 1.165) is 5.52 Å². The maximum atomic E-state index is 12.7. The Morgan fingerprint density at radius 1 is 1.26 bits per heavy atom. The largest absolute Gasteiger partial charge is 0.422 e. The first-order valence-corrected chi connectivity index (χ1v) is 9.87. The molecule has 2 aromatic carbocycles. The zero-order valence-electron chi connectivity index (χ0n) is 15.9. The highest BCUT2D eigenvalue weighted by atomic mass is 79.9. The topological polar surface area (TPSA) is 132 Å². The highest BCUT2D eigenvalue weighted by Crippen LogP contribution is 2.29. The minimum Gasteiger partial charge on any atom is -0.410 e. The number of nitrogens with one attached hydrogen (secondary N) is 1. The monoisotopic (exact) mass is 486 g/mol. The van der Waals surface area contributed by atoms with Gasteiger partial charge in [0.15, 0.2) is 0 Å². The van der Waals surface area contributed by atoms with Crippen LogP contribution in [-0.2, 0) is 11.4 Å². The van der Waals surface area contributed by atoms with Crippen molar-refractivity contribution in [1.82, 2.24) is 14.9 Å². The van der Waals surface area contributed by atoms with Gasteiger partial charge in [-0.2, -0.15) is 0 Å². The fraction of sp³-hybridized carbons (Fsp3) is 0.158. The SMILES string of the molecule is O=C(Oc1cccc(CO[N+](=O)[O-])c1)N1CCN=C1Nc1ccc2nccnc2c1Br. The van der Waals surface area contributed by atoms with E-state index in [1.807, 2.05) is 12.1 Å². The first-order valence-electron chi connectivity index (χ1n) is 9.07. The van der Waals surface area contributed by atoms with Crippen molar-refractivity contribution >= 4 is 44.7 Å². The number of aromatic nitrogens is 2. The Morgan fingerprint density at radius 3 is 2.94 bits per heavy atom. The molecule has 0 aliphatic carbocycles. The maximum absolute atomic E-state index is 12.7. The number of fused-ring (bicyclic) bond motifs is 1. The molecular formula is C19H15BrN6O5. The molecule has 0 unspecified atom stereocenters. The minimum atomic E-state index is -0.881. The van der Waals surface area contributed by atoms with Gasteiger partial charge in [0.05, 0.1) is 28.8 Å². The van der Waals surface area contributed by atoms with Crippen molar-refractivity contribution in [3.63, 3.8) is 0 Å². The second kappa shape index (κ2) is 8.92. The quantitative estimate of drug-likeness (QED) is 0.428. The van der Waals surface area contributed by atoms with Gasteiger partial charge in [0.1, 0.15) is 17.9 Å². The second-order valence-corrected chi connectivity index (χ2v) is 7.14. The molecule has 0 radical (unpaired) electrons. The summed E-state index contributed by atoms with van der Waals surface area (Å²) in [5, 5.41) is 12.6. The molecule has 1 aromatic heterocycles. The van der Waals surface area contributed by atoms with E-state index in [1.54, 1.807) is 30.6 Å². The lowest BCUT2D eigenvalue weighted by molar-refractivity contribution is -0.763. The molecule has 0 atom stereocenters. The third-order valence-corrected chi connectivity index (χ3v) is 5.13. The summed E-state index contributed by atoms with van der Waals surface area (Å²) in [6, 6.07) is 9.94. The Labute approximate surface area is 183 Å². The van der Waals surface area contributed by atoms with Gasteiger partial charge in [-0.1, -0.05) is 12.1 Å². The van der Waals surface area contributed by atoms with Crippen LogP contribution >= 0.6 is 15.9 Å². The molecule has 0 saturated heterocycles. The van der Waals surface area contributed by atoms with Crippen molar-refractivity contribution in [2.24, 2.45) is 4.99 Å². The molecule has 31 heavy (non-hydrogen) atoms. The molecule has 158 valence electrons. The van der Waals surface area contributed by atoms with Crippen molar-refractivity contribution < 1.29 is 19.5 Å². The molecule has 11 nitrogen and oxygen atoms in total.